The highest BCUT2D eigenvalue weighted by Crippen LogP contribution is 2.42. The standard InChI is InChI=1S/C28H28N4OS/c1-19(2)33-22-15-13-21(14-16-22)32-27(26(30-28(32)34)23-10-6-7-17-29-23)25-12-8-18-31(25)24-11-5-4-9-20(24)3/h4-19,26-27H,1-3H3,(H,30,34)/t26-,27+/m1/s1. The highest BCUT2D eigenvalue weighted by Gasteiger charge is 2.42. The van der Waals surface area contributed by atoms with Gasteiger partial charge in [-0.05, 0) is 93.1 Å². The summed E-state index contributed by atoms with van der Waals surface area (Å²) in [5, 5.41) is 4.22. The van der Waals surface area contributed by atoms with Gasteiger partial charge in [-0.2, -0.15) is 0 Å². The van der Waals surface area contributed by atoms with Crippen molar-refractivity contribution in [3.05, 3.63) is 108 Å². The third-order valence-corrected chi connectivity index (χ3v) is 6.36. The summed E-state index contributed by atoms with van der Waals surface area (Å²) in [6.07, 6.45) is 4.07. The zero-order valence-electron chi connectivity index (χ0n) is 19.6. The number of ether oxygens (including phenoxy) is 1. The Balaban J connectivity index is 1.62. The summed E-state index contributed by atoms with van der Waals surface area (Å²) in [5.41, 5.74) is 5.47. The molecule has 5 rings (SSSR count). The minimum absolute atomic E-state index is 0.0890. The molecule has 1 aliphatic heterocycles. The lowest BCUT2D eigenvalue weighted by Gasteiger charge is -2.29. The van der Waals surface area contributed by atoms with E-state index in [0.717, 1.165) is 28.5 Å². The zero-order chi connectivity index (χ0) is 23.7. The number of aromatic nitrogens is 2. The molecule has 172 valence electrons. The number of nitrogens with zero attached hydrogens (tertiary/aromatic N) is 3. The average molecular weight is 469 g/mol. The van der Waals surface area contributed by atoms with E-state index >= 15 is 0 Å². The lowest BCUT2D eigenvalue weighted by molar-refractivity contribution is 0.242. The maximum atomic E-state index is 5.89. The monoisotopic (exact) mass is 468 g/mol. The predicted molar refractivity (Wildman–Crippen MR) is 141 cm³/mol. The Hall–Kier alpha value is -3.64. The predicted octanol–water partition coefficient (Wildman–Crippen LogP) is 6.15. The van der Waals surface area contributed by atoms with Crippen LogP contribution in [0, 0.1) is 6.92 Å². The van der Waals surface area contributed by atoms with E-state index in [1.807, 2.05) is 44.3 Å². The molecule has 5 nitrogen and oxygen atoms in total. The quantitative estimate of drug-likeness (QED) is 0.344. The minimum atomic E-state index is -0.0991. The molecule has 0 bridgehead atoms. The van der Waals surface area contributed by atoms with Gasteiger partial charge in [-0.1, -0.05) is 24.3 Å². The third kappa shape index (κ3) is 4.17. The largest absolute Gasteiger partial charge is 0.491 e. The molecule has 1 saturated heterocycles. The first-order valence-corrected chi connectivity index (χ1v) is 11.9. The Bertz CT molecular complexity index is 1280. The number of hydrogen-bond acceptors (Lipinski definition) is 3. The molecule has 2 aromatic heterocycles. The fourth-order valence-corrected chi connectivity index (χ4v) is 4.93. The van der Waals surface area contributed by atoms with Gasteiger partial charge in [0, 0.05) is 29.5 Å². The zero-order valence-corrected chi connectivity index (χ0v) is 20.4. The van der Waals surface area contributed by atoms with E-state index in [9.17, 15) is 0 Å². The number of benzene rings is 2. The van der Waals surface area contributed by atoms with Gasteiger partial charge in [0.2, 0.25) is 0 Å². The number of nitrogens with one attached hydrogen (secondary N) is 1. The molecule has 1 aliphatic rings. The van der Waals surface area contributed by atoms with Crippen LogP contribution in [0.25, 0.3) is 5.69 Å². The van der Waals surface area contributed by atoms with Crippen LogP contribution in [-0.2, 0) is 0 Å². The Kier molecular flexibility index (Phi) is 6.07. The van der Waals surface area contributed by atoms with Crippen molar-refractivity contribution in [2.24, 2.45) is 0 Å². The smallest absolute Gasteiger partial charge is 0.174 e. The van der Waals surface area contributed by atoms with Crippen molar-refractivity contribution in [2.45, 2.75) is 39.0 Å². The molecule has 0 saturated carbocycles. The summed E-state index contributed by atoms with van der Waals surface area (Å²) in [5.74, 6) is 0.845. The first-order valence-electron chi connectivity index (χ1n) is 11.5. The second-order valence-electron chi connectivity index (χ2n) is 8.75. The molecule has 3 heterocycles. The van der Waals surface area contributed by atoms with Crippen molar-refractivity contribution in [3.63, 3.8) is 0 Å². The molecular formula is C28H28N4OS. The molecule has 2 aromatic carbocycles. The number of pyridine rings is 1. The van der Waals surface area contributed by atoms with Crippen molar-refractivity contribution in [1.29, 1.82) is 0 Å². The molecule has 0 spiro atoms. The van der Waals surface area contributed by atoms with E-state index in [1.165, 1.54) is 5.56 Å². The van der Waals surface area contributed by atoms with Crippen LogP contribution in [0.4, 0.5) is 5.69 Å². The normalized spacial score (nSPS) is 17.8. The molecule has 4 aromatic rings. The van der Waals surface area contributed by atoms with Gasteiger partial charge in [0.1, 0.15) is 11.8 Å². The molecule has 1 fully saturated rings. The first kappa shape index (κ1) is 22.2. The van der Waals surface area contributed by atoms with Crippen molar-refractivity contribution < 1.29 is 4.74 Å². The number of para-hydroxylation sites is 1. The summed E-state index contributed by atoms with van der Waals surface area (Å²) in [6.45, 7) is 6.19. The van der Waals surface area contributed by atoms with Crippen LogP contribution >= 0.6 is 12.2 Å². The molecule has 0 amide bonds. The molecule has 2 atom stereocenters. The van der Waals surface area contributed by atoms with Crippen LogP contribution in [0.5, 0.6) is 5.75 Å². The van der Waals surface area contributed by atoms with Gasteiger partial charge in [0.15, 0.2) is 5.11 Å². The number of rotatable bonds is 6. The molecule has 0 radical (unpaired) electrons. The minimum Gasteiger partial charge on any atom is -0.491 e. The average Bonchev–Trinajstić information content (AvgIpc) is 3.44. The lowest BCUT2D eigenvalue weighted by atomic mass is 10.0. The van der Waals surface area contributed by atoms with Gasteiger partial charge < -0.3 is 19.5 Å². The lowest BCUT2D eigenvalue weighted by Crippen LogP contribution is -2.30. The van der Waals surface area contributed by atoms with Gasteiger partial charge >= 0.3 is 0 Å². The van der Waals surface area contributed by atoms with Crippen molar-refractivity contribution in [3.8, 4) is 11.4 Å². The van der Waals surface area contributed by atoms with Gasteiger partial charge in [-0.3, -0.25) is 4.98 Å². The number of hydrogen-bond donors (Lipinski definition) is 1. The molecule has 6 heteroatoms. The van der Waals surface area contributed by atoms with Crippen molar-refractivity contribution in [1.82, 2.24) is 14.9 Å². The molecule has 0 aliphatic carbocycles. The van der Waals surface area contributed by atoms with E-state index < -0.39 is 0 Å². The fraction of sp³-hybridized carbons (Fsp3) is 0.214. The second-order valence-corrected chi connectivity index (χ2v) is 9.13. The SMILES string of the molecule is Cc1ccccc1-n1cccc1[C@H]1[C@@H](c2ccccn2)NC(=S)N1c1ccc(OC(C)C)cc1. The Morgan fingerprint density at radius 1 is 0.941 bits per heavy atom. The number of aryl methyl sites for hydroxylation is 1. The Labute approximate surface area is 206 Å². The maximum absolute atomic E-state index is 5.89. The maximum Gasteiger partial charge on any atom is 0.174 e. The molecule has 1 N–H and O–H groups in total. The van der Waals surface area contributed by atoms with E-state index in [4.69, 9.17) is 17.0 Å². The summed E-state index contributed by atoms with van der Waals surface area (Å²) >= 11 is 5.89. The van der Waals surface area contributed by atoms with E-state index in [2.05, 4.69) is 87.5 Å². The van der Waals surface area contributed by atoms with Crippen LogP contribution < -0.4 is 15.0 Å². The summed E-state index contributed by atoms with van der Waals surface area (Å²) in [6, 6.07) is 26.7. The van der Waals surface area contributed by atoms with Crippen LogP contribution in [-0.4, -0.2) is 20.8 Å². The highest BCUT2D eigenvalue weighted by atomic mass is 32.1. The van der Waals surface area contributed by atoms with Crippen LogP contribution in [0.1, 0.15) is 42.9 Å². The topological polar surface area (TPSA) is 42.3 Å². The van der Waals surface area contributed by atoms with Crippen LogP contribution in [0.3, 0.4) is 0 Å². The Morgan fingerprint density at radius 3 is 2.41 bits per heavy atom. The summed E-state index contributed by atoms with van der Waals surface area (Å²) in [4.78, 5) is 6.86. The second kappa shape index (κ2) is 9.31. The van der Waals surface area contributed by atoms with Gasteiger partial charge in [0.05, 0.1) is 17.8 Å². The van der Waals surface area contributed by atoms with E-state index in [1.54, 1.807) is 0 Å². The number of thiocarbonyl (C=S) groups is 1. The first-order chi connectivity index (χ1) is 16.5. The van der Waals surface area contributed by atoms with E-state index in [0.29, 0.717) is 5.11 Å². The molecular weight excluding hydrogens is 440 g/mol. The highest BCUT2D eigenvalue weighted by molar-refractivity contribution is 7.80. The van der Waals surface area contributed by atoms with Crippen LogP contribution in [0.15, 0.2) is 91.3 Å². The van der Waals surface area contributed by atoms with Gasteiger partial charge in [-0.15, -0.1) is 0 Å². The summed E-state index contributed by atoms with van der Waals surface area (Å²) < 4.78 is 8.12. The van der Waals surface area contributed by atoms with Crippen LogP contribution in [0.2, 0.25) is 0 Å². The van der Waals surface area contributed by atoms with Gasteiger partial charge in [-0.25, -0.2) is 0 Å². The van der Waals surface area contributed by atoms with Crippen molar-refractivity contribution in [2.75, 3.05) is 4.90 Å². The third-order valence-electron chi connectivity index (χ3n) is 6.04. The number of anilines is 1. The van der Waals surface area contributed by atoms with Crippen molar-refractivity contribution >= 4 is 23.0 Å². The fourth-order valence-electron chi connectivity index (χ4n) is 4.58. The summed E-state index contributed by atoms with van der Waals surface area (Å²) in [7, 11) is 0. The Morgan fingerprint density at radius 2 is 1.71 bits per heavy atom. The molecule has 34 heavy (non-hydrogen) atoms. The van der Waals surface area contributed by atoms with Gasteiger partial charge in [0.25, 0.3) is 0 Å². The molecule has 0 unspecified atom stereocenters. The van der Waals surface area contributed by atoms with E-state index in [-0.39, 0.29) is 18.2 Å².